The molecule has 4 aliphatic carbocycles. The highest BCUT2D eigenvalue weighted by atomic mass is 16.5. The molecule has 0 saturated heterocycles. The van der Waals surface area contributed by atoms with E-state index >= 15 is 0 Å². The number of benzene rings is 2. The van der Waals surface area contributed by atoms with Crippen molar-refractivity contribution in [3.63, 3.8) is 0 Å². The Morgan fingerprint density at radius 2 is 1.08 bits per heavy atom. The number of aromatic carboxylic acids is 1. The van der Waals surface area contributed by atoms with Gasteiger partial charge in [0.25, 0.3) is 0 Å². The molecule has 0 bridgehead atoms. The summed E-state index contributed by atoms with van der Waals surface area (Å²) in [6, 6.07) is 19.9. The Balaban J connectivity index is 0.000000161. The molecule has 324 valence electrons. The quantitative estimate of drug-likeness (QED) is 0.0951. The largest absolute Gasteiger partial charge is 0.478 e. The molecule has 6 aromatic rings. The first-order chi connectivity index (χ1) is 30.7. The lowest BCUT2D eigenvalue weighted by molar-refractivity contribution is 0.0546. The van der Waals surface area contributed by atoms with Gasteiger partial charge in [0.05, 0.1) is 33.5 Å². The van der Waals surface area contributed by atoms with Crippen LogP contribution in [0.1, 0.15) is 166 Å². The van der Waals surface area contributed by atoms with Crippen molar-refractivity contribution < 1.29 is 29.0 Å². The van der Waals surface area contributed by atoms with E-state index in [2.05, 4.69) is 22.6 Å². The average Bonchev–Trinajstić information content (AvgIpc) is 4.26. The minimum absolute atomic E-state index is 0.126. The van der Waals surface area contributed by atoms with Gasteiger partial charge in [-0.3, -0.25) is 28.7 Å². The van der Waals surface area contributed by atoms with Gasteiger partial charge in [0.2, 0.25) is 11.8 Å². The van der Waals surface area contributed by atoms with Crippen LogP contribution in [0.2, 0.25) is 0 Å². The molecule has 4 fully saturated rings. The van der Waals surface area contributed by atoms with E-state index in [9.17, 15) is 24.3 Å². The number of fused-ring (bicyclic) bond motifs is 2. The van der Waals surface area contributed by atoms with E-state index < -0.39 is 5.97 Å². The Hall–Kier alpha value is -6.16. The number of hydrogen-bond donors (Lipinski definition) is 1. The van der Waals surface area contributed by atoms with E-state index in [0.29, 0.717) is 47.2 Å². The van der Waals surface area contributed by atoms with Crippen LogP contribution in [-0.2, 0) is 17.6 Å². The molecule has 4 saturated carbocycles. The molecule has 0 aliphatic heterocycles. The summed E-state index contributed by atoms with van der Waals surface area (Å²) >= 11 is 0. The highest BCUT2D eigenvalue weighted by Crippen LogP contribution is 2.41. The zero-order chi connectivity index (χ0) is 43.5. The molecule has 0 radical (unpaired) electrons. The van der Waals surface area contributed by atoms with Crippen molar-refractivity contribution in [3.05, 3.63) is 143 Å². The Morgan fingerprint density at radius 1 is 0.619 bits per heavy atom. The van der Waals surface area contributed by atoms with Gasteiger partial charge in [0.1, 0.15) is 6.61 Å². The van der Waals surface area contributed by atoms with Crippen molar-refractivity contribution in [3.8, 4) is 0 Å². The van der Waals surface area contributed by atoms with Crippen LogP contribution in [-0.4, -0.2) is 54.6 Å². The maximum atomic E-state index is 13.0. The van der Waals surface area contributed by atoms with Crippen LogP contribution < -0.4 is 0 Å². The molecule has 4 heterocycles. The lowest BCUT2D eigenvalue weighted by atomic mass is 9.88. The zero-order valence-electron chi connectivity index (χ0n) is 36.0. The summed E-state index contributed by atoms with van der Waals surface area (Å²) in [5, 5.41) is 11.7. The second-order valence-electron chi connectivity index (χ2n) is 18.1. The Bertz CT molecular complexity index is 2690. The highest BCUT2D eigenvalue weighted by Gasteiger charge is 2.29. The van der Waals surface area contributed by atoms with Crippen molar-refractivity contribution in [2.45, 2.75) is 115 Å². The van der Waals surface area contributed by atoms with Gasteiger partial charge in [-0.1, -0.05) is 63.3 Å². The number of carboxylic acid groups (broad SMARTS) is 1. The molecule has 10 rings (SSSR count). The molecule has 0 spiro atoms. The molecule has 2 aromatic carbocycles. The molecule has 63 heavy (non-hydrogen) atoms. The van der Waals surface area contributed by atoms with E-state index in [0.717, 1.165) is 121 Å². The second-order valence-corrected chi connectivity index (χ2v) is 18.1. The highest BCUT2D eigenvalue weighted by molar-refractivity contribution is 5.95. The number of carbonyl (C=O) groups is 4. The SMILES string of the molecule is C=CCOC(=O)c1cc(C2CC2)cnc1Cc1ccc2c(ccn2C(=O)C2CCCCC2)c1.O=C(O)c1cc(C2CC2)cnc1Cc1ccc2c(ccn2C(=O)C2CCCCC2)c1. The molecular weight excluding hydrogens is 789 g/mol. The third-order valence-corrected chi connectivity index (χ3v) is 13.5. The molecule has 0 unspecified atom stereocenters. The standard InChI is InChI=1S/C28H30N2O3.C25H26N2O3/c1-2-14-33-28(32)24-17-23(20-9-10-20)18-29-25(24)16-19-8-11-26-22(15-19)12-13-30(26)27(31)21-6-4-3-5-7-21;28-24(18-4-2-1-3-5-18)27-11-10-19-12-16(6-9-23(19)27)13-22-21(25(29)30)14-20(15-26-22)17-7-8-17/h2,8,11-13,15,17-18,20-21H,1,3-7,9-10,14,16H2;6,9-12,14-15,17-18H,1-5,7-8,13H2,(H,29,30). The molecule has 4 aromatic heterocycles. The average molecular weight is 845 g/mol. The Labute approximate surface area is 368 Å². The van der Waals surface area contributed by atoms with E-state index in [4.69, 9.17) is 4.74 Å². The summed E-state index contributed by atoms with van der Waals surface area (Å²) in [5.74, 6) is 0.368. The monoisotopic (exact) mass is 844 g/mol. The van der Waals surface area contributed by atoms with Crippen LogP contribution in [0.25, 0.3) is 21.8 Å². The fraction of sp³-hybridized carbons (Fsp3) is 0.396. The van der Waals surface area contributed by atoms with Crippen molar-refractivity contribution in [2.24, 2.45) is 11.8 Å². The van der Waals surface area contributed by atoms with E-state index in [1.54, 1.807) is 16.7 Å². The first-order valence-corrected chi connectivity index (χ1v) is 23.0. The lowest BCUT2D eigenvalue weighted by Gasteiger charge is -2.20. The Morgan fingerprint density at radius 3 is 1.52 bits per heavy atom. The smallest absolute Gasteiger partial charge is 0.340 e. The number of aromatic nitrogens is 4. The lowest BCUT2D eigenvalue weighted by Crippen LogP contribution is -2.23. The van der Waals surface area contributed by atoms with Crippen molar-refractivity contribution >= 4 is 45.6 Å². The Kier molecular flexibility index (Phi) is 12.5. The van der Waals surface area contributed by atoms with Gasteiger partial charge >= 0.3 is 11.9 Å². The fourth-order valence-corrected chi connectivity index (χ4v) is 9.62. The minimum Gasteiger partial charge on any atom is -0.478 e. The number of nitrogens with zero attached hydrogens (tertiary/aromatic N) is 4. The number of pyridine rings is 2. The topological polar surface area (TPSA) is 133 Å². The maximum absolute atomic E-state index is 13.0. The number of esters is 1. The van der Waals surface area contributed by atoms with Crippen LogP contribution in [0.4, 0.5) is 0 Å². The van der Waals surface area contributed by atoms with Crippen LogP contribution in [0.5, 0.6) is 0 Å². The molecule has 10 heteroatoms. The molecule has 10 nitrogen and oxygen atoms in total. The van der Waals surface area contributed by atoms with Crippen molar-refractivity contribution in [2.75, 3.05) is 6.61 Å². The summed E-state index contributed by atoms with van der Waals surface area (Å²) in [7, 11) is 0. The summed E-state index contributed by atoms with van der Waals surface area (Å²) in [5.41, 5.74) is 8.18. The third-order valence-electron chi connectivity index (χ3n) is 13.5. The number of carboxylic acids is 1. The van der Waals surface area contributed by atoms with Gasteiger partial charge in [-0.2, -0.15) is 0 Å². The first-order valence-electron chi connectivity index (χ1n) is 23.0. The number of rotatable bonds is 12. The molecule has 4 aliphatic rings. The summed E-state index contributed by atoms with van der Waals surface area (Å²) in [6.07, 6.45) is 25.6. The molecule has 1 N–H and O–H groups in total. The van der Waals surface area contributed by atoms with E-state index in [1.165, 1.54) is 12.8 Å². The summed E-state index contributed by atoms with van der Waals surface area (Å²) < 4.78 is 8.94. The van der Waals surface area contributed by atoms with Crippen LogP contribution in [0.15, 0.2) is 98.1 Å². The fourth-order valence-electron chi connectivity index (χ4n) is 9.62. The second kappa shape index (κ2) is 18.7. The van der Waals surface area contributed by atoms with Crippen LogP contribution in [0, 0.1) is 11.8 Å². The number of hydrogen-bond acceptors (Lipinski definition) is 7. The van der Waals surface area contributed by atoms with Crippen molar-refractivity contribution in [1.82, 2.24) is 19.1 Å². The molecule has 0 atom stereocenters. The molecular formula is C53H56N4O6. The number of carbonyl (C=O) groups excluding carboxylic acids is 3. The van der Waals surface area contributed by atoms with Gasteiger partial charge in [-0.15, -0.1) is 0 Å². The normalized spacial score (nSPS) is 17.0. The minimum atomic E-state index is -0.926. The van der Waals surface area contributed by atoms with Crippen LogP contribution >= 0.6 is 0 Å². The summed E-state index contributed by atoms with van der Waals surface area (Å²) in [4.78, 5) is 59.6. The predicted molar refractivity (Wildman–Crippen MR) is 244 cm³/mol. The summed E-state index contributed by atoms with van der Waals surface area (Å²) in [6.45, 7) is 3.81. The number of ether oxygens (including phenoxy) is 1. The van der Waals surface area contributed by atoms with E-state index in [-0.39, 0.29) is 36.2 Å². The first kappa shape index (κ1) is 42.2. The van der Waals surface area contributed by atoms with Gasteiger partial charge < -0.3 is 9.84 Å². The van der Waals surface area contributed by atoms with Gasteiger partial charge in [-0.05, 0) is 134 Å². The van der Waals surface area contributed by atoms with Crippen LogP contribution in [0.3, 0.4) is 0 Å². The maximum Gasteiger partial charge on any atom is 0.340 e. The van der Waals surface area contributed by atoms with Gasteiger partial charge in [-0.25, -0.2) is 9.59 Å². The van der Waals surface area contributed by atoms with Crippen molar-refractivity contribution in [1.29, 1.82) is 0 Å². The molecule has 0 amide bonds. The van der Waals surface area contributed by atoms with Gasteiger partial charge in [0, 0.05) is 60.2 Å². The zero-order valence-corrected chi connectivity index (χ0v) is 36.0. The predicted octanol–water partition coefficient (Wildman–Crippen LogP) is 11.5. The van der Waals surface area contributed by atoms with E-state index in [1.807, 2.05) is 77.9 Å². The third kappa shape index (κ3) is 9.60. The van der Waals surface area contributed by atoms with Gasteiger partial charge in [0.15, 0.2) is 0 Å².